The van der Waals surface area contributed by atoms with E-state index in [-0.39, 0.29) is 11.9 Å². The number of nitrogens with two attached hydrogens (primary N) is 1. The molecular formula is C25H42N4O3. The van der Waals surface area contributed by atoms with E-state index in [9.17, 15) is 4.79 Å². The Balaban J connectivity index is 1.51. The van der Waals surface area contributed by atoms with Crippen molar-refractivity contribution < 1.29 is 14.3 Å². The van der Waals surface area contributed by atoms with E-state index in [1.54, 1.807) is 0 Å². The van der Waals surface area contributed by atoms with Gasteiger partial charge in [-0.05, 0) is 69.7 Å². The number of likely N-dealkylation sites (N-methyl/N-ethyl adjacent to an activating group) is 1. The van der Waals surface area contributed by atoms with Crippen molar-refractivity contribution in [2.45, 2.75) is 59.6 Å². The van der Waals surface area contributed by atoms with Gasteiger partial charge in [-0.3, -0.25) is 9.69 Å². The Hall–Kier alpha value is -1.83. The molecule has 2 fully saturated rings. The third kappa shape index (κ3) is 5.56. The second-order valence-electron chi connectivity index (χ2n) is 9.48. The summed E-state index contributed by atoms with van der Waals surface area (Å²) in [4.78, 5) is 20.1. The number of likely N-dealkylation sites (tertiary alicyclic amines) is 1. The number of piperidine rings is 1. The van der Waals surface area contributed by atoms with Gasteiger partial charge >= 0.3 is 0 Å². The van der Waals surface area contributed by atoms with E-state index in [1.807, 2.05) is 46.6 Å². The van der Waals surface area contributed by atoms with Crippen molar-refractivity contribution in [2.75, 3.05) is 65.3 Å². The Morgan fingerprint density at radius 2 is 1.50 bits per heavy atom. The largest absolute Gasteiger partial charge is 0.480 e. The van der Waals surface area contributed by atoms with Gasteiger partial charge in [0, 0.05) is 58.0 Å². The van der Waals surface area contributed by atoms with Gasteiger partial charge in [-0.1, -0.05) is 0 Å². The normalized spacial score (nSPS) is 19.7. The molecule has 0 bridgehead atoms. The quantitative estimate of drug-likeness (QED) is 0.649. The molecule has 2 heterocycles. The first-order valence-electron chi connectivity index (χ1n) is 12.0. The van der Waals surface area contributed by atoms with Crippen LogP contribution in [0, 0.1) is 27.7 Å². The molecule has 1 atom stereocenters. The van der Waals surface area contributed by atoms with Gasteiger partial charge in [-0.15, -0.1) is 0 Å². The summed E-state index contributed by atoms with van der Waals surface area (Å²) in [6.07, 6.45) is 1.49. The van der Waals surface area contributed by atoms with Crippen LogP contribution in [0.4, 0.5) is 5.69 Å². The third-order valence-corrected chi connectivity index (χ3v) is 7.55. The number of nitrogens with zero attached hydrogens (tertiary/aromatic N) is 3. The molecule has 3 rings (SSSR count). The van der Waals surface area contributed by atoms with Gasteiger partial charge < -0.3 is 25.0 Å². The number of carbonyl (C=O) groups is 1. The smallest absolute Gasteiger partial charge is 0.263 e. The monoisotopic (exact) mass is 446 g/mol. The highest BCUT2D eigenvalue weighted by Gasteiger charge is 2.29. The fraction of sp³-hybridized carbons (Fsp3) is 0.720. The number of ether oxygens (including phenoxy) is 2. The van der Waals surface area contributed by atoms with Crippen molar-refractivity contribution in [3.8, 4) is 5.75 Å². The van der Waals surface area contributed by atoms with Gasteiger partial charge in [-0.2, -0.15) is 0 Å². The minimum absolute atomic E-state index is 0.0442. The molecule has 0 aliphatic carbocycles. The molecule has 180 valence electrons. The summed E-state index contributed by atoms with van der Waals surface area (Å²) < 4.78 is 11.7. The molecule has 1 unspecified atom stereocenters. The molecule has 7 heteroatoms. The SMILES string of the molecule is Cc1c(C)c(OC(C)C(=O)N(C)C2CCN(CCN3CCOCC3)CC2)c(C)c(C)c1N. The van der Waals surface area contributed by atoms with E-state index in [2.05, 4.69) is 9.80 Å². The second-order valence-corrected chi connectivity index (χ2v) is 9.48. The maximum absolute atomic E-state index is 13.2. The highest BCUT2D eigenvalue weighted by atomic mass is 16.5. The van der Waals surface area contributed by atoms with Crippen LogP contribution in [0.15, 0.2) is 0 Å². The lowest BCUT2D eigenvalue weighted by atomic mass is 9.97. The number of hydrogen-bond donors (Lipinski definition) is 1. The number of carbonyl (C=O) groups excluding carboxylic acids is 1. The van der Waals surface area contributed by atoms with Crippen LogP contribution in [0.25, 0.3) is 0 Å². The average Bonchev–Trinajstić information content (AvgIpc) is 2.82. The Morgan fingerprint density at radius 3 is 2.03 bits per heavy atom. The lowest BCUT2D eigenvalue weighted by molar-refractivity contribution is -0.139. The molecule has 2 aliphatic heterocycles. The summed E-state index contributed by atoms with van der Waals surface area (Å²) in [6, 6.07) is 0.269. The third-order valence-electron chi connectivity index (χ3n) is 7.55. The lowest BCUT2D eigenvalue weighted by Crippen LogP contribution is -2.50. The number of amides is 1. The molecule has 0 aromatic heterocycles. The van der Waals surface area contributed by atoms with Crippen molar-refractivity contribution in [1.82, 2.24) is 14.7 Å². The van der Waals surface area contributed by atoms with E-state index in [1.165, 1.54) is 0 Å². The standard InChI is InChI=1S/C25H42N4O3/c1-17-19(3)24(20(4)18(2)23(17)26)32-21(5)25(30)27(6)22-7-9-28(10-8-22)11-12-29-13-15-31-16-14-29/h21-22H,7-16,26H2,1-6H3. The van der Waals surface area contributed by atoms with E-state index in [0.717, 1.165) is 99.0 Å². The van der Waals surface area contributed by atoms with Crippen LogP contribution < -0.4 is 10.5 Å². The van der Waals surface area contributed by atoms with Gasteiger partial charge in [-0.25, -0.2) is 0 Å². The lowest BCUT2D eigenvalue weighted by Gasteiger charge is -2.38. The molecule has 1 amide bonds. The predicted molar refractivity (Wildman–Crippen MR) is 129 cm³/mol. The summed E-state index contributed by atoms with van der Waals surface area (Å²) in [6.45, 7) is 18.0. The zero-order valence-electron chi connectivity index (χ0n) is 20.9. The van der Waals surface area contributed by atoms with Crippen LogP contribution >= 0.6 is 0 Å². The van der Waals surface area contributed by atoms with Gasteiger partial charge in [0.1, 0.15) is 5.75 Å². The van der Waals surface area contributed by atoms with Crippen LogP contribution in [0.3, 0.4) is 0 Å². The van der Waals surface area contributed by atoms with E-state index >= 15 is 0 Å². The zero-order chi connectivity index (χ0) is 23.4. The summed E-state index contributed by atoms with van der Waals surface area (Å²) in [5.74, 6) is 0.837. The first kappa shape index (κ1) is 24.8. The van der Waals surface area contributed by atoms with Crippen molar-refractivity contribution in [1.29, 1.82) is 0 Å². The van der Waals surface area contributed by atoms with E-state index in [4.69, 9.17) is 15.2 Å². The van der Waals surface area contributed by atoms with E-state index < -0.39 is 6.10 Å². The molecule has 1 aromatic carbocycles. The molecule has 1 aromatic rings. The molecule has 0 radical (unpaired) electrons. The molecule has 7 nitrogen and oxygen atoms in total. The minimum Gasteiger partial charge on any atom is -0.480 e. The summed E-state index contributed by atoms with van der Waals surface area (Å²) in [7, 11) is 1.93. The minimum atomic E-state index is -0.529. The zero-order valence-corrected chi connectivity index (χ0v) is 20.9. The number of morpholine rings is 1. The first-order chi connectivity index (χ1) is 15.2. The van der Waals surface area contributed by atoms with Crippen molar-refractivity contribution in [3.05, 3.63) is 22.3 Å². The molecule has 2 N–H and O–H groups in total. The Labute approximate surface area is 193 Å². The van der Waals surface area contributed by atoms with Gasteiger partial charge in [0.05, 0.1) is 13.2 Å². The fourth-order valence-corrected chi connectivity index (χ4v) is 4.82. The Bertz CT molecular complexity index is 770. The van der Waals surface area contributed by atoms with Gasteiger partial charge in [0.15, 0.2) is 6.10 Å². The molecule has 0 spiro atoms. The van der Waals surface area contributed by atoms with Crippen LogP contribution in [0.1, 0.15) is 42.0 Å². The molecule has 32 heavy (non-hydrogen) atoms. The maximum atomic E-state index is 13.2. The number of anilines is 1. The number of benzene rings is 1. The topological polar surface area (TPSA) is 71.3 Å². The Morgan fingerprint density at radius 1 is 1.00 bits per heavy atom. The Kier molecular flexibility index (Phi) is 8.42. The summed E-state index contributed by atoms with van der Waals surface area (Å²) >= 11 is 0. The van der Waals surface area contributed by atoms with Crippen molar-refractivity contribution >= 4 is 11.6 Å². The van der Waals surface area contributed by atoms with Gasteiger partial charge in [0.2, 0.25) is 0 Å². The fourth-order valence-electron chi connectivity index (χ4n) is 4.82. The summed E-state index contributed by atoms with van der Waals surface area (Å²) in [5.41, 5.74) is 11.1. The first-order valence-corrected chi connectivity index (χ1v) is 12.0. The van der Waals surface area contributed by atoms with Gasteiger partial charge in [0.25, 0.3) is 5.91 Å². The molecule has 2 aliphatic rings. The van der Waals surface area contributed by atoms with Crippen LogP contribution in [0.2, 0.25) is 0 Å². The van der Waals surface area contributed by atoms with Crippen molar-refractivity contribution in [2.24, 2.45) is 0 Å². The summed E-state index contributed by atoms with van der Waals surface area (Å²) in [5, 5.41) is 0. The predicted octanol–water partition coefficient (Wildman–Crippen LogP) is 2.52. The highest BCUT2D eigenvalue weighted by Crippen LogP contribution is 2.34. The van der Waals surface area contributed by atoms with Crippen LogP contribution in [0.5, 0.6) is 5.75 Å². The molecule has 2 saturated heterocycles. The molecular weight excluding hydrogens is 404 g/mol. The highest BCUT2D eigenvalue weighted by molar-refractivity contribution is 5.81. The van der Waals surface area contributed by atoms with Crippen molar-refractivity contribution in [3.63, 3.8) is 0 Å². The van der Waals surface area contributed by atoms with Crippen LogP contribution in [-0.4, -0.2) is 92.3 Å². The maximum Gasteiger partial charge on any atom is 0.263 e. The van der Waals surface area contributed by atoms with Crippen LogP contribution in [-0.2, 0) is 9.53 Å². The number of nitrogen functional groups attached to an aromatic ring is 1. The van der Waals surface area contributed by atoms with E-state index in [0.29, 0.717) is 0 Å². The number of rotatable bonds is 7. The molecule has 0 saturated carbocycles. The number of hydrogen-bond acceptors (Lipinski definition) is 6. The second kappa shape index (κ2) is 10.9. The average molecular weight is 447 g/mol.